The summed E-state index contributed by atoms with van der Waals surface area (Å²) < 4.78 is 0. The number of benzene rings is 1. The zero-order valence-corrected chi connectivity index (χ0v) is 13.7. The van der Waals surface area contributed by atoms with E-state index >= 15 is 0 Å². The van der Waals surface area contributed by atoms with E-state index in [2.05, 4.69) is 54.3 Å². The smallest absolute Gasteiger partial charge is 0.0376 e. The van der Waals surface area contributed by atoms with Crippen LogP contribution in [0.15, 0.2) is 18.2 Å². The topological polar surface area (TPSA) is 18.5 Å². The molecule has 1 N–H and O–H groups in total. The second kappa shape index (κ2) is 6.27. The van der Waals surface area contributed by atoms with Crippen LogP contribution >= 0.6 is 0 Å². The van der Waals surface area contributed by atoms with E-state index in [4.69, 9.17) is 0 Å². The first-order valence-corrected chi connectivity index (χ1v) is 8.41. The molecule has 1 fully saturated rings. The summed E-state index contributed by atoms with van der Waals surface area (Å²) in [4.78, 5) is 4.90. The van der Waals surface area contributed by atoms with Crippen LogP contribution in [-0.4, -0.2) is 44.7 Å². The van der Waals surface area contributed by atoms with Gasteiger partial charge in [-0.3, -0.25) is 0 Å². The molecule has 3 heteroatoms. The minimum atomic E-state index is 0.611. The molecule has 2 aliphatic rings. The lowest BCUT2D eigenvalue weighted by Gasteiger charge is -2.33. The third-order valence-corrected chi connectivity index (χ3v) is 5.15. The fourth-order valence-corrected chi connectivity index (χ4v) is 3.61. The normalized spacial score (nSPS) is 23.5. The van der Waals surface area contributed by atoms with Crippen molar-refractivity contribution in [3.05, 3.63) is 23.8 Å². The van der Waals surface area contributed by atoms with Crippen molar-refractivity contribution in [3.63, 3.8) is 0 Å². The largest absolute Gasteiger partial charge is 0.382 e. The van der Waals surface area contributed by atoms with Crippen molar-refractivity contribution in [2.45, 2.75) is 38.6 Å². The average molecular weight is 287 g/mol. The quantitative estimate of drug-likeness (QED) is 0.921. The lowest BCUT2D eigenvalue weighted by atomic mass is 9.95. The predicted octanol–water partition coefficient (Wildman–Crippen LogP) is 3.21. The van der Waals surface area contributed by atoms with Crippen LogP contribution in [0.5, 0.6) is 0 Å². The Bertz CT molecular complexity index is 477. The molecular formula is C18H29N3. The molecule has 2 aliphatic heterocycles. The van der Waals surface area contributed by atoms with Gasteiger partial charge in [0, 0.05) is 31.0 Å². The van der Waals surface area contributed by atoms with Crippen LogP contribution in [-0.2, 0) is 6.42 Å². The van der Waals surface area contributed by atoms with Gasteiger partial charge in [-0.1, -0.05) is 0 Å². The van der Waals surface area contributed by atoms with Crippen molar-refractivity contribution in [3.8, 4) is 0 Å². The van der Waals surface area contributed by atoms with Gasteiger partial charge < -0.3 is 15.1 Å². The Morgan fingerprint density at radius 2 is 2.00 bits per heavy atom. The van der Waals surface area contributed by atoms with Crippen molar-refractivity contribution in [2.24, 2.45) is 5.92 Å². The standard InChI is InChI=1S/C18H29N3/c1-14-4-5-16-12-17(6-7-18(16)19-14)21(3)13-15-8-10-20(2)11-9-15/h6-7,12,14-15,19H,4-5,8-11,13H2,1-3H3. The SMILES string of the molecule is CC1CCc2cc(N(C)CC3CCN(C)CC3)ccc2N1. The number of fused-ring (bicyclic) bond motifs is 1. The van der Waals surface area contributed by atoms with E-state index in [0.29, 0.717) is 6.04 Å². The zero-order chi connectivity index (χ0) is 14.8. The van der Waals surface area contributed by atoms with Crippen molar-refractivity contribution in [1.82, 2.24) is 4.90 Å². The van der Waals surface area contributed by atoms with Crippen LogP contribution in [0.2, 0.25) is 0 Å². The molecular weight excluding hydrogens is 258 g/mol. The summed E-state index contributed by atoms with van der Waals surface area (Å²) in [5.74, 6) is 0.848. The molecule has 1 aromatic rings. The molecule has 1 unspecified atom stereocenters. The zero-order valence-electron chi connectivity index (χ0n) is 13.7. The lowest BCUT2D eigenvalue weighted by molar-refractivity contribution is 0.222. The summed E-state index contributed by atoms with van der Waals surface area (Å²) in [6.45, 7) is 5.97. The number of rotatable bonds is 3. The highest BCUT2D eigenvalue weighted by molar-refractivity contribution is 5.62. The minimum absolute atomic E-state index is 0.611. The molecule has 3 nitrogen and oxygen atoms in total. The molecule has 0 bridgehead atoms. The molecule has 1 aromatic carbocycles. The van der Waals surface area contributed by atoms with E-state index in [1.165, 1.54) is 62.3 Å². The van der Waals surface area contributed by atoms with E-state index in [9.17, 15) is 0 Å². The minimum Gasteiger partial charge on any atom is -0.382 e. The maximum atomic E-state index is 3.59. The van der Waals surface area contributed by atoms with Gasteiger partial charge in [-0.15, -0.1) is 0 Å². The Balaban J connectivity index is 1.63. The number of anilines is 2. The van der Waals surface area contributed by atoms with Crippen LogP contribution in [0.4, 0.5) is 11.4 Å². The molecule has 0 amide bonds. The predicted molar refractivity (Wildman–Crippen MR) is 91.3 cm³/mol. The fourth-order valence-electron chi connectivity index (χ4n) is 3.61. The van der Waals surface area contributed by atoms with Gasteiger partial charge in [0.05, 0.1) is 0 Å². The highest BCUT2D eigenvalue weighted by atomic mass is 15.1. The van der Waals surface area contributed by atoms with Gasteiger partial charge in [0.2, 0.25) is 0 Å². The summed E-state index contributed by atoms with van der Waals surface area (Å²) in [5, 5.41) is 3.59. The van der Waals surface area contributed by atoms with Crippen LogP contribution in [0.3, 0.4) is 0 Å². The Morgan fingerprint density at radius 3 is 2.76 bits per heavy atom. The molecule has 0 radical (unpaired) electrons. The number of hydrogen-bond donors (Lipinski definition) is 1. The molecule has 21 heavy (non-hydrogen) atoms. The summed E-state index contributed by atoms with van der Waals surface area (Å²) in [6.07, 6.45) is 5.13. The Labute approximate surface area is 129 Å². The summed E-state index contributed by atoms with van der Waals surface area (Å²) >= 11 is 0. The van der Waals surface area contributed by atoms with Crippen molar-refractivity contribution in [2.75, 3.05) is 43.9 Å². The average Bonchev–Trinajstić information content (AvgIpc) is 2.49. The number of hydrogen-bond acceptors (Lipinski definition) is 3. The molecule has 116 valence electrons. The van der Waals surface area contributed by atoms with Gasteiger partial charge in [0.25, 0.3) is 0 Å². The third-order valence-electron chi connectivity index (χ3n) is 5.15. The first kappa shape index (κ1) is 14.7. The van der Waals surface area contributed by atoms with Gasteiger partial charge in [-0.2, -0.15) is 0 Å². The molecule has 0 saturated carbocycles. The molecule has 1 atom stereocenters. The van der Waals surface area contributed by atoms with Crippen LogP contribution in [0.25, 0.3) is 0 Å². The molecule has 0 aliphatic carbocycles. The number of nitrogens with zero attached hydrogens (tertiary/aromatic N) is 2. The van der Waals surface area contributed by atoms with Crippen LogP contribution in [0, 0.1) is 5.92 Å². The first-order valence-electron chi connectivity index (χ1n) is 8.41. The Morgan fingerprint density at radius 1 is 1.24 bits per heavy atom. The van der Waals surface area contributed by atoms with E-state index in [-0.39, 0.29) is 0 Å². The number of piperidine rings is 1. The summed E-state index contributed by atoms with van der Waals surface area (Å²) in [6, 6.07) is 7.55. The maximum absolute atomic E-state index is 3.59. The van der Waals surface area contributed by atoms with E-state index in [1.807, 2.05) is 0 Å². The molecule has 0 aromatic heterocycles. The van der Waals surface area contributed by atoms with Crippen molar-refractivity contribution in [1.29, 1.82) is 0 Å². The first-order chi connectivity index (χ1) is 10.1. The summed E-state index contributed by atoms with van der Waals surface area (Å²) in [5.41, 5.74) is 4.20. The van der Waals surface area contributed by atoms with Gasteiger partial charge in [-0.05, 0) is 82.4 Å². The van der Waals surface area contributed by atoms with Crippen molar-refractivity contribution >= 4 is 11.4 Å². The second-order valence-corrected chi connectivity index (χ2v) is 7.05. The monoisotopic (exact) mass is 287 g/mol. The second-order valence-electron chi connectivity index (χ2n) is 7.05. The van der Waals surface area contributed by atoms with Crippen LogP contribution in [0.1, 0.15) is 31.7 Å². The highest BCUT2D eigenvalue weighted by Crippen LogP contribution is 2.29. The molecule has 3 rings (SSSR count). The van der Waals surface area contributed by atoms with Gasteiger partial charge >= 0.3 is 0 Å². The van der Waals surface area contributed by atoms with Crippen LogP contribution < -0.4 is 10.2 Å². The lowest BCUT2D eigenvalue weighted by Crippen LogP contribution is -2.35. The maximum Gasteiger partial charge on any atom is 0.0376 e. The van der Waals surface area contributed by atoms with E-state index < -0.39 is 0 Å². The number of nitrogens with one attached hydrogen (secondary N) is 1. The molecule has 2 heterocycles. The molecule has 1 saturated heterocycles. The fraction of sp³-hybridized carbons (Fsp3) is 0.667. The highest BCUT2D eigenvalue weighted by Gasteiger charge is 2.19. The third kappa shape index (κ3) is 3.52. The van der Waals surface area contributed by atoms with Gasteiger partial charge in [-0.25, -0.2) is 0 Å². The number of likely N-dealkylation sites (tertiary alicyclic amines) is 1. The van der Waals surface area contributed by atoms with Gasteiger partial charge in [0.15, 0.2) is 0 Å². The van der Waals surface area contributed by atoms with E-state index in [0.717, 1.165) is 5.92 Å². The number of aryl methyl sites for hydroxylation is 1. The Hall–Kier alpha value is -1.22. The summed E-state index contributed by atoms with van der Waals surface area (Å²) in [7, 11) is 4.48. The van der Waals surface area contributed by atoms with Crippen molar-refractivity contribution < 1.29 is 0 Å². The molecule has 0 spiro atoms. The van der Waals surface area contributed by atoms with Gasteiger partial charge in [0.1, 0.15) is 0 Å². The van der Waals surface area contributed by atoms with E-state index in [1.54, 1.807) is 0 Å². The Kier molecular flexibility index (Phi) is 4.39.